The van der Waals surface area contributed by atoms with E-state index in [2.05, 4.69) is 10.2 Å². The van der Waals surface area contributed by atoms with Crippen LogP contribution in [-0.2, 0) is 9.84 Å². The van der Waals surface area contributed by atoms with Crippen molar-refractivity contribution < 1.29 is 13.3 Å². The van der Waals surface area contributed by atoms with E-state index in [1.54, 1.807) is 0 Å². The molecule has 0 aromatic heterocycles. The lowest BCUT2D eigenvalue weighted by Crippen LogP contribution is -2.36. The molecule has 0 radical (unpaired) electrons. The zero-order valence-corrected chi connectivity index (χ0v) is 13.8. The summed E-state index contributed by atoms with van der Waals surface area (Å²) in [7, 11) is -1.62. The van der Waals surface area contributed by atoms with Crippen molar-refractivity contribution in [2.24, 2.45) is 0 Å². The van der Waals surface area contributed by atoms with E-state index in [-0.39, 0.29) is 22.3 Å². The Hall–Kier alpha value is -1.67. The maximum atomic E-state index is 11.7. The molecule has 1 aliphatic carbocycles. The van der Waals surface area contributed by atoms with Gasteiger partial charge < -0.3 is 5.32 Å². The van der Waals surface area contributed by atoms with E-state index in [0.717, 1.165) is 6.26 Å². The fourth-order valence-electron chi connectivity index (χ4n) is 2.40. The second kappa shape index (κ2) is 6.21. The quantitative estimate of drug-likeness (QED) is 0.607. The van der Waals surface area contributed by atoms with Crippen LogP contribution >= 0.6 is 0 Å². The zero-order chi connectivity index (χ0) is 16.5. The molecule has 1 aromatic carbocycles. The molecule has 0 aliphatic heterocycles. The maximum Gasteiger partial charge on any atom is 0.310 e. The zero-order valence-electron chi connectivity index (χ0n) is 12.9. The van der Waals surface area contributed by atoms with Gasteiger partial charge in [0.05, 0.1) is 4.92 Å². The Morgan fingerprint density at radius 2 is 2.09 bits per heavy atom. The lowest BCUT2D eigenvalue weighted by Gasteiger charge is -2.25. The van der Waals surface area contributed by atoms with E-state index in [1.165, 1.54) is 31.0 Å². The van der Waals surface area contributed by atoms with E-state index in [9.17, 15) is 18.5 Å². The Morgan fingerprint density at radius 1 is 1.45 bits per heavy atom. The van der Waals surface area contributed by atoms with Crippen molar-refractivity contribution in [3.8, 4) is 0 Å². The molecule has 0 heterocycles. The number of nitro benzene ring substituents is 1. The van der Waals surface area contributed by atoms with E-state index in [0.29, 0.717) is 12.6 Å². The summed E-state index contributed by atoms with van der Waals surface area (Å²) in [6.45, 7) is 2.55. The van der Waals surface area contributed by atoms with Crippen LogP contribution in [0.1, 0.15) is 19.8 Å². The van der Waals surface area contributed by atoms with Crippen LogP contribution in [-0.4, -0.2) is 50.2 Å². The normalized spacial score (nSPS) is 16.5. The van der Waals surface area contributed by atoms with Crippen LogP contribution in [0.2, 0.25) is 0 Å². The molecule has 7 nitrogen and oxygen atoms in total. The standard InChI is InChI=1S/C14H21N3O4S/c1-10(16(2)11-7-8-11)9-15-12-5-4-6-13(22(3,20)21)14(12)17(18)19/h4-6,10-11,15H,7-9H2,1-3H3. The number of sulfone groups is 1. The Labute approximate surface area is 130 Å². The molecular weight excluding hydrogens is 306 g/mol. The number of para-hydroxylation sites is 1. The number of hydrogen-bond donors (Lipinski definition) is 1. The molecule has 0 bridgehead atoms. The summed E-state index contributed by atoms with van der Waals surface area (Å²) in [6, 6.07) is 5.11. The minimum atomic E-state index is -3.65. The SMILES string of the molecule is CC(CNc1cccc(S(C)(=O)=O)c1[N+](=O)[O-])N(C)C1CC1. The molecule has 1 atom stereocenters. The van der Waals surface area contributed by atoms with Gasteiger partial charge in [0, 0.05) is 24.9 Å². The van der Waals surface area contributed by atoms with Crippen molar-refractivity contribution in [1.29, 1.82) is 0 Å². The Balaban J connectivity index is 2.21. The summed E-state index contributed by atoms with van der Waals surface area (Å²) in [5.74, 6) is 0. The van der Waals surface area contributed by atoms with Crippen molar-refractivity contribution in [3.63, 3.8) is 0 Å². The summed E-state index contributed by atoms with van der Waals surface area (Å²) in [5.41, 5.74) is -0.143. The van der Waals surface area contributed by atoms with Gasteiger partial charge in [-0.15, -0.1) is 0 Å². The van der Waals surface area contributed by atoms with Crippen LogP contribution in [0, 0.1) is 10.1 Å². The molecule has 2 rings (SSSR count). The molecule has 22 heavy (non-hydrogen) atoms. The van der Waals surface area contributed by atoms with Crippen LogP contribution in [0.4, 0.5) is 11.4 Å². The monoisotopic (exact) mass is 327 g/mol. The summed E-state index contributed by atoms with van der Waals surface area (Å²) in [4.78, 5) is 12.6. The van der Waals surface area contributed by atoms with Gasteiger partial charge in [-0.2, -0.15) is 0 Å². The second-order valence-corrected chi connectivity index (χ2v) is 7.79. The smallest absolute Gasteiger partial charge is 0.310 e. The van der Waals surface area contributed by atoms with Gasteiger partial charge in [-0.25, -0.2) is 8.42 Å². The Bertz CT molecular complexity index is 671. The second-order valence-electron chi connectivity index (χ2n) is 5.81. The highest BCUT2D eigenvalue weighted by molar-refractivity contribution is 7.90. The van der Waals surface area contributed by atoms with E-state index in [4.69, 9.17) is 0 Å². The number of benzene rings is 1. The number of nitro groups is 1. The molecule has 122 valence electrons. The summed E-state index contributed by atoms with van der Waals surface area (Å²) in [6.07, 6.45) is 3.34. The van der Waals surface area contributed by atoms with Gasteiger partial charge in [0.2, 0.25) is 0 Å². The van der Waals surface area contributed by atoms with Crippen molar-refractivity contribution >= 4 is 21.2 Å². The first kappa shape index (κ1) is 16.7. The summed E-state index contributed by atoms with van der Waals surface area (Å²) >= 11 is 0. The maximum absolute atomic E-state index is 11.7. The first-order valence-corrected chi connectivity index (χ1v) is 9.04. The minimum Gasteiger partial charge on any atom is -0.378 e. The molecule has 0 spiro atoms. The molecule has 1 unspecified atom stereocenters. The molecule has 8 heteroatoms. The third kappa shape index (κ3) is 3.75. The van der Waals surface area contributed by atoms with E-state index < -0.39 is 14.8 Å². The highest BCUT2D eigenvalue weighted by Crippen LogP contribution is 2.32. The Kier molecular flexibility index (Phi) is 4.72. The third-order valence-electron chi connectivity index (χ3n) is 3.99. The van der Waals surface area contributed by atoms with Gasteiger partial charge >= 0.3 is 5.69 Å². The minimum absolute atomic E-state index is 0.203. The number of likely N-dealkylation sites (N-methyl/N-ethyl adjacent to an activating group) is 1. The molecule has 1 N–H and O–H groups in total. The number of nitrogens with zero attached hydrogens (tertiary/aromatic N) is 2. The number of hydrogen-bond acceptors (Lipinski definition) is 6. The number of rotatable bonds is 7. The van der Waals surface area contributed by atoms with Crippen molar-refractivity contribution in [2.75, 3.05) is 25.2 Å². The lowest BCUT2D eigenvalue weighted by molar-refractivity contribution is -0.386. The van der Waals surface area contributed by atoms with Crippen molar-refractivity contribution in [2.45, 2.75) is 36.7 Å². The fourth-order valence-corrected chi connectivity index (χ4v) is 3.26. The molecule has 1 saturated carbocycles. The van der Waals surface area contributed by atoms with Gasteiger partial charge in [-0.05, 0) is 38.9 Å². The van der Waals surface area contributed by atoms with Crippen molar-refractivity contribution in [1.82, 2.24) is 4.90 Å². The third-order valence-corrected chi connectivity index (χ3v) is 5.12. The number of anilines is 1. The van der Waals surface area contributed by atoms with Crippen LogP contribution < -0.4 is 5.32 Å². The fraction of sp³-hybridized carbons (Fsp3) is 0.571. The number of nitrogens with one attached hydrogen (secondary N) is 1. The average molecular weight is 327 g/mol. The summed E-state index contributed by atoms with van der Waals surface area (Å²) < 4.78 is 23.4. The molecule has 1 fully saturated rings. The largest absolute Gasteiger partial charge is 0.378 e. The molecule has 1 aliphatic rings. The van der Waals surface area contributed by atoms with Crippen LogP contribution in [0.25, 0.3) is 0 Å². The highest BCUT2D eigenvalue weighted by Gasteiger charge is 2.30. The van der Waals surface area contributed by atoms with Gasteiger partial charge in [0.15, 0.2) is 9.84 Å². The average Bonchev–Trinajstić information content (AvgIpc) is 3.26. The van der Waals surface area contributed by atoms with Gasteiger partial charge in [-0.3, -0.25) is 15.0 Å². The van der Waals surface area contributed by atoms with Crippen LogP contribution in [0.3, 0.4) is 0 Å². The molecular formula is C14H21N3O4S. The predicted octanol–water partition coefficient (Wildman–Crippen LogP) is 1.89. The van der Waals surface area contributed by atoms with Gasteiger partial charge in [0.1, 0.15) is 10.6 Å². The Morgan fingerprint density at radius 3 is 2.59 bits per heavy atom. The predicted molar refractivity (Wildman–Crippen MR) is 84.9 cm³/mol. The van der Waals surface area contributed by atoms with Crippen molar-refractivity contribution in [3.05, 3.63) is 28.3 Å². The topological polar surface area (TPSA) is 92.5 Å². The molecule has 0 amide bonds. The lowest BCUT2D eigenvalue weighted by atomic mass is 10.2. The van der Waals surface area contributed by atoms with E-state index >= 15 is 0 Å². The summed E-state index contributed by atoms with van der Waals surface area (Å²) in [5, 5.41) is 14.3. The van der Waals surface area contributed by atoms with Crippen LogP contribution in [0.15, 0.2) is 23.1 Å². The first-order chi connectivity index (χ1) is 10.2. The molecule has 1 aromatic rings. The van der Waals surface area contributed by atoms with E-state index in [1.807, 2.05) is 14.0 Å². The first-order valence-electron chi connectivity index (χ1n) is 7.15. The highest BCUT2D eigenvalue weighted by atomic mass is 32.2. The van der Waals surface area contributed by atoms with Gasteiger partial charge in [0.25, 0.3) is 0 Å². The van der Waals surface area contributed by atoms with Crippen LogP contribution in [0.5, 0.6) is 0 Å². The molecule has 0 saturated heterocycles. The van der Waals surface area contributed by atoms with Gasteiger partial charge in [-0.1, -0.05) is 6.07 Å².